The molecule has 1 fully saturated rings. The van der Waals surface area contributed by atoms with Crippen LogP contribution in [0.15, 0.2) is 18.2 Å². The highest BCUT2D eigenvalue weighted by molar-refractivity contribution is 5.48. The fourth-order valence-electron chi connectivity index (χ4n) is 1.94. The molecule has 0 amide bonds. The van der Waals surface area contributed by atoms with E-state index in [4.69, 9.17) is 10.6 Å². The summed E-state index contributed by atoms with van der Waals surface area (Å²) in [5.74, 6) is 0.143. The zero-order valence-corrected chi connectivity index (χ0v) is 9.83. The predicted molar refractivity (Wildman–Crippen MR) is 61.9 cm³/mol. The van der Waals surface area contributed by atoms with Crippen LogP contribution in [-0.4, -0.2) is 18.2 Å². The van der Waals surface area contributed by atoms with Crippen LogP contribution < -0.4 is 10.6 Å². The normalized spacial score (nSPS) is 17.7. The van der Waals surface area contributed by atoms with Gasteiger partial charge in [-0.05, 0) is 25.0 Å². The summed E-state index contributed by atoms with van der Waals surface area (Å²) in [6.45, 7) is 1.46. The van der Waals surface area contributed by atoms with Crippen molar-refractivity contribution < 1.29 is 18.0 Å². The van der Waals surface area contributed by atoms with Crippen molar-refractivity contribution in [1.29, 1.82) is 0 Å². The Morgan fingerprint density at radius 1 is 1.06 bits per heavy atom. The average molecular weight is 260 g/mol. The lowest BCUT2D eigenvalue weighted by atomic mass is 10.2. The van der Waals surface area contributed by atoms with E-state index < -0.39 is 11.7 Å². The number of benzene rings is 1. The summed E-state index contributed by atoms with van der Waals surface area (Å²) in [6, 6.07) is 3.29. The van der Waals surface area contributed by atoms with Crippen molar-refractivity contribution in [3.05, 3.63) is 23.8 Å². The molecule has 0 bridgehead atoms. The van der Waals surface area contributed by atoms with E-state index in [9.17, 15) is 13.2 Å². The first kappa shape index (κ1) is 13.0. The predicted octanol–water partition coefficient (Wildman–Crippen LogP) is 3.07. The Morgan fingerprint density at radius 3 is 2.33 bits per heavy atom. The maximum absolute atomic E-state index is 12.6. The van der Waals surface area contributed by atoms with Crippen molar-refractivity contribution in [2.75, 3.05) is 18.8 Å². The van der Waals surface area contributed by atoms with Gasteiger partial charge >= 0.3 is 6.18 Å². The van der Waals surface area contributed by atoms with E-state index in [1.54, 1.807) is 5.06 Å². The lowest BCUT2D eigenvalue weighted by Gasteiger charge is -2.26. The van der Waals surface area contributed by atoms with Crippen LogP contribution in [0.25, 0.3) is 0 Å². The summed E-state index contributed by atoms with van der Waals surface area (Å²) in [4.78, 5) is 5.43. The van der Waals surface area contributed by atoms with Gasteiger partial charge in [-0.2, -0.15) is 13.2 Å². The van der Waals surface area contributed by atoms with Crippen LogP contribution in [0.3, 0.4) is 0 Å². The number of piperidine rings is 1. The van der Waals surface area contributed by atoms with Crippen LogP contribution in [0.2, 0.25) is 0 Å². The van der Waals surface area contributed by atoms with E-state index >= 15 is 0 Å². The van der Waals surface area contributed by atoms with Gasteiger partial charge in [0.2, 0.25) is 0 Å². The molecule has 0 unspecified atom stereocenters. The number of rotatable bonds is 2. The minimum atomic E-state index is -4.41. The summed E-state index contributed by atoms with van der Waals surface area (Å²) in [5, 5.41) is 1.68. The minimum Gasteiger partial charge on any atom is -0.406 e. The average Bonchev–Trinajstić information content (AvgIpc) is 2.28. The number of alkyl halides is 3. The van der Waals surface area contributed by atoms with Gasteiger partial charge in [0.1, 0.15) is 5.75 Å². The molecule has 6 heteroatoms. The fraction of sp³-hybridized carbons (Fsp3) is 0.500. The molecular formula is C12H15F3N2O. The maximum Gasteiger partial charge on any atom is 0.416 e. The monoisotopic (exact) mass is 260 g/mol. The molecule has 1 saturated heterocycles. The summed E-state index contributed by atoms with van der Waals surface area (Å²) in [5.41, 5.74) is 4.73. The highest BCUT2D eigenvalue weighted by atomic mass is 19.4. The summed E-state index contributed by atoms with van der Waals surface area (Å²) < 4.78 is 37.8. The van der Waals surface area contributed by atoms with Crippen LogP contribution in [0.1, 0.15) is 24.8 Å². The van der Waals surface area contributed by atoms with Gasteiger partial charge in [0.25, 0.3) is 0 Å². The molecule has 0 atom stereocenters. The quantitative estimate of drug-likeness (QED) is 0.830. The van der Waals surface area contributed by atoms with E-state index in [-0.39, 0.29) is 11.4 Å². The maximum atomic E-state index is 12.6. The lowest BCUT2D eigenvalue weighted by Crippen LogP contribution is -2.32. The molecular weight excluding hydrogens is 245 g/mol. The van der Waals surface area contributed by atoms with Crippen LogP contribution in [0.5, 0.6) is 5.75 Å². The van der Waals surface area contributed by atoms with Gasteiger partial charge in [0, 0.05) is 24.8 Å². The second-order valence-electron chi connectivity index (χ2n) is 4.37. The van der Waals surface area contributed by atoms with E-state index in [1.807, 2.05) is 0 Å². The van der Waals surface area contributed by atoms with Crippen LogP contribution >= 0.6 is 0 Å². The molecule has 2 rings (SSSR count). The largest absolute Gasteiger partial charge is 0.416 e. The van der Waals surface area contributed by atoms with Crippen molar-refractivity contribution in [1.82, 2.24) is 5.06 Å². The van der Waals surface area contributed by atoms with E-state index in [0.29, 0.717) is 0 Å². The number of nitrogen functional groups attached to an aromatic ring is 1. The number of hydroxylamine groups is 2. The zero-order chi connectivity index (χ0) is 13.2. The van der Waals surface area contributed by atoms with Gasteiger partial charge in [0.15, 0.2) is 0 Å². The summed E-state index contributed by atoms with van der Waals surface area (Å²) in [6.07, 6.45) is -1.29. The molecule has 1 aliphatic rings. The molecule has 100 valence electrons. The van der Waals surface area contributed by atoms with Gasteiger partial charge in [-0.3, -0.25) is 0 Å². The van der Waals surface area contributed by atoms with Gasteiger partial charge in [-0.25, -0.2) is 0 Å². The molecule has 2 N–H and O–H groups in total. The molecule has 1 aliphatic heterocycles. The highest BCUT2D eigenvalue weighted by Gasteiger charge is 2.31. The number of halogens is 3. The Labute approximate surface area is 103 Å². The van der Waals surface area contributed by atoms with Gasteiger partial charge < -0.3 is 10.6 Å². The molecule has 3 nitrogen and oxygen atoms in total. The number of anilines is 1. The number of hydrogen-bond donors (Lipinski definition) is 1. The number of hydrogen-bond acceptors (Lipinski definition) is 3. The van der Waals surface area contributed by atoms with Crippen molar-refractivity contribution >= 4 is 5.69 Å². The molecule has 0 aromatic heterocycles. The first-order valence-electron chi connectivity index (χ1n) is 5.86. The molecule has 18 heavy (non-hydrogen) atoms. The zero-order valence-electron chi connectivity index (χ0n) is 9.83. The third kappa shape index (κ3) is 3.29. The first-order chi connectivity index (χ1) is 8.45. The topological polar surface area (TPSA) is 38.5 Å². The van der Waals surface area contributed by atoms with Crippen molar-refractivity contribution in [3.8, 4) is 5.75 Å². The second kappa shape index (κ2) is 5.06. The van der Waals surface area contributed by atoms with Gasteiger partial charge in [0.05, 0.1) is 5.56 Å². The molecule has 1 aromatic rings. The SMILES string of the molecule is Nc1cc(ON2CCCCC2)cc(C(F)(F)F)c1. The minimum absolute atomic E-state index is 0.0526. The third-order valence-electron chi connectivity index (χ3n) is 2.81. The summed E-state index contributed by atoms with van der Waals surface area (Å²) in [7, 11) is 0. The van der Waals surface area contributed by atoms with E-state index in [1.165, 1.54) is 6.07 Å². The Balaban J connectivity index is 2.14. The van der Waals surface area contributed by atoms with Crippen LogP contribution in [0.4, 0.5) is 18.9 Å². The molecule has 1 heterocycles. The number of nitrogens with two attached hydrogens (primary N) is 1. The molecule has 0 saturated carbocycles. The van der Waals surface area contributed by atoms with Crippen molar-refractivity contribution in [2.45, 2.75) is 25.4 Å². The lowest BCUT2D eigenvalue weighted by molar-refractivity contribution is -0.138. The Hall–Kier alpha value is -1.43. The van der Waals surface area contributed by atoms with Gasteiger partial charge in [-0.1, -0.05) is 6.42 Å². The van der Waals surface area contributed by atoms with E-state index in [0.717, 1.165) is 44.5 Å². The molecule has 0 radical (unpaired) electrons. The Morgan fingerprint density at radius 2 is 1.72 bits per heavy atom. The summed E-state index contributed by atoms with van der Waals surface area (Å²) >= 11 is 0. The van der Waals surface area contributed by atoms with Crippen molar-refractivity contribution in [3.63, 3.8) is 0 Å². The molecule has 0 spiro atoms. The molecule has 0 aliphatic carbocycles. The standard InChI is InChI=1S/C12H15F3N2O/c13-12(14,15)9-6-10(16)8-11(7-9)18-17-4-2-1-3-5-17/h6-8H,1-5,16H2. The number of nitrogens with zero attached hydrogens (tertiary/aromatic N) is 1. The smallest absolute Gasteiger partial charge is 0.406 e. The van der Waals surface area contributed by atoms with Crippen LogP contribution in [0, 0.1) is 0 Å². The highest BCUT2D eigenvalue weighted by Crippen LogP contribution is 2.33. The fourth-order valence-corrected chi connectivity index (χ4v) is 1.94. The second-order valence-corrected chi connectivity index (χ2v) is 4.37. The third-order valence-corrected chi connectivity index (χ3v) is 2.81. The first-order valence-corrected chi connectivity index (χ1v) is 5.86. The Bertz CT molecular complexity index is 414. The van der Waals surface area contributed by atoms with E-state index in [2.05, 4.69) is 0 Å². The Kier molecular flexibility index (Phi) is 3.65. The molecule has 1 aromatic carbocycles. The van der Waals surface area contributed by atoms with Gasteiger partial charge in [-0.15, -0.1) is 5.06 Å². The van der Waals surface area contributed by atoms with Crippen LogP contribution in [-0.2, 0) is 6.18 Å². The van der Waals surface area contributed by atoms with Crippen molar-refractivity contribution in [2.24, 2.45) is 0 Å².